The molecule has 1 atom stereocenters. The summed E-state index contributed by atoms with van der Waals surface area (Å²) in [5.74, 6) is 0.958. The minimum atomic E-state index is 0.958. The summed E-state index contributed by atoms with van der Waals surface area (Å²) in [6.45, 7) is 4.57. The highest BCUT2D eigenvalue weighted by atomic mass is 14.2. The molecule has 1 aliphatic carbocycles. The monoisotopic (exact) mass is 152 g/mol. The van der Waals surface area contributed by atoms with E-state index < -0.39 is 0 Å². The molecule has 0 aromatic rings. The Hall–Kier alpha value is -0.260. The molecule has 0 radical (unpaired) electrons. The van der Waals surface area contributed by atoms with Crippen LogP contribution < -0.4 is 0 Å². The Morgan fingerprint density at radius 2 is 2.18 bits per heavy atom. The third kappa shape index (κ3) is 2.36. The van der Waals surface area contributed by atoms with Crippen LogP contribution in [0.1, 0.15) is 52.4 Å². The molecule has 0 N–H and O–H groups in total. The first kappa shape index (κ1) is 8.83. The quantitative estimate of drug-likeness (QED) is 0.535. The summed E-state index contributed by atoms with van der Waals surface area (Å²) in [6.07, 6.45) is 10.7. The lowest BCUT2D eigenvalue weighted by molar-refractivity contribution is 0.529. The van der Waals surface area contributed by atoms with Gasteiger partial charge in [-0.15, -0.1) is 0 Å². The number of allylic oxidation sites excluding steroid dienone is 2. The number of hydrogen-bond donors (Lipinski definition) is 0. The van der Waals surface area contributed by atoms with Crippen molar-refractivity contribution >= 4 is 0 Å². The van der Waals surface area contributed by atoms with Gasteiger partial charge in [0.25, 0.3) is 0 Å². The van der Waals surface area contributed by atoms with Crippen molar-refractivity contribution in [3.05, 3.63) is 11.6 Å². The largest absolute Gasteiger partial charge is 0.0850 e. The van der Waals surface area contributed by atoms with Gasteiger partial charge in [-0.25, -0.2) is 0 Å². The molecule has 64 valence electrons. The van der Waals surface area contributed by atoms with Crippen LogP contribution in [0, 0.1) is 5.92 Å². The van der Waals surface area contributed by atoms with Crippen molar-refractivity contribution in [2.75, 3.05) is 0 Å². The fourth-order valence-corrected chi connectivity index (χ4v) is 2.10. The maximum absolute atomic E-state index is 2.48. The molecule has 0 fully saturated rings. The predicted octanol–water partition coefficient (Wildman–Crippen LogP) is 3.92. The molecular formula is C11H20. The summed E-state index contributed by atoms with van der Waals surface area (Å²) < 4.78 is 0. The number of rotatable bonds is 4. The van der Waals surface area contributed by atoms with Gasteiger partial charge in [-0.05, 0) is 31.6 Å². The molecular weight excluding hydrogens is 132 g/mol. The predicted molar refractivity (Wildman–Crippen MR) is 50.6 cm³/mol. The van der Waals surface area contributed by atoms with E-state index in [9.17, 15) is 0 Å². The van der Waals surface area contributed by atoms with Gasteiger partial charge < -0.3 is 0 Å². The fraction of sp³-hybridized carbons (Fsp3) is 0.818. The lowest BCUT2D eigenvalue weighted by Crippen LogP contribution is -1.98. The average molecular weight is 152 g/mol. The van der Waals surface area contributed by atoms with Gasteiger partial charge in [0.2, 0.25) is 0 Å². The Labute approximate surface area is 70.7 Å². The van der Waals surface area contributed by atoms with Gasteiger partial charge in [0.1, 0.15) is 0 Å². The first-order valence-corrected chi connectivity index (χ1v) is 5.07. The van der Waals surface area contributed by atoms with E-state index in [1.165, 1.54) is 38.5 Å². The van der Waals surface area contributed by atoms with E-state index in [4.69, 9.17) is 0 Å². The van der Waals surface area contributed by atoms with Gasteiger partial charge in [-0.2, -0.15) is 0 Å². The van der Waals surface area contributed by atoms with Gasteiger partial charge in [-0.3, -0.25) is 0 Å². The SMILES string of the molecule is CCCC1=CCCC1CCC. The van der Waals surface area contributed by atoms with Crippen LogP contribution in [-0.4, -0.2) is 0 Å². The smallest absolute Gasteiger partial charge is 0.0200 e. The molecule has 0 aliphatic heterocycles. The summed E-state index contributed by atoms with van der Waals surface area (Å²) in [5, 5.41) is 0. The first-order valence-electron chi connectivity index (χ1n) is 5.07. The first-order chi connectivity index (χ1) is 5.38. The zero-order valence-electron chi connectivity index (χ0n) is 7.90. The van der Waals surface area contributed by atoms with E-state index in [0.717, 1.165) is 5.92 Å². The second-order valence-corrected chi connectivity index (χ2v) is 3.59. The van der Waals surface area contributed by atoms with E-state index in [2.05, 4.69) is 19.9 Å². The second kappa shape index (κ2) is 4.58. The summed E-state index contributed by atoms with van der Waals surface area (Å²) in [4.78, 5) is 0. The summed E-state index contributed by atoms with van der Waals surface area (Å²) >= 11 is 0. The molecule has 0 heteroatoms. The zero-order chi connectivity index (χ0) is 8.10. The van der Waals surface area contributed by atoms with E-state index >= 15 is 0 Å². The molecule has 0 saturated carbocycles. The third-order valence-electron chi connectivity index (χ3n) is 2.62. The molecule has 1 rings (SSSR count). The van der Waals surface area contributed by atoms with Gasteiger partial charge in [-0.1, -0.05) is 38.3 Å². The zero-order valence-corrected chi connectivity index (χ0v) is 7.90. The van der Waals surface area contributed by atoms with Crippen LogP contribution in [0.2, 0.25) is 0 Å². The Balaban J connectivity index is 2.35. The highest BCUT2D eigenvalue weighted by Gasteiger charge is 2.16. The van der Waals surface area contributed by atoms with Crippen molar-refractivity contribution in [1.82, 2.24) is 0 Å². The molecule has 0 saturated heterocycles. The van der Waals surface area contributed by atoms with Crippen molar-refractivity contribution in [2.24, 2.45) is 5.92 Å². The van der Waals surface area contributed by atoms with E-state index in [1.807, 2.05) is 0 Å². The third-order valence-corrected chi connectivity index (χ3v) is 2.62. The van der Waals surface area contributed by atoms with Gasteiger partial charge in [0.05, 0.1) is 0 Å². The summed E-state index contributed by atoms with van der Waals surface area (Å²) in [7, 11) is 0. The van der Waals surface area contributed by atoms with Crippen LogP contribution in [0.4, 0.5) is 0 Å². The standard InChI is InChI=1S/C11H20/c1-3-6-10-8-5-9-11(10)7-4-2/h8,11H,3-7,9H2,1-2H3. The average Bonchev–Trinajstić information content (AvgIpc) is 2.39. The molecule has 0 heterocycles. The lowest BCUT2D eigenvalue weighted by atomic mass is 9.94. The van der Waals surface area contributed by atoms with Crippen molar-refractivity contribution in [2.45, 2.75) is 52.4 Å². The van der Waals surface area contributed by atoms with Crippen LogP contribution in [0.3, 0.4) is 0 Å². The van der Waals surface area contributed by atoms with E-state index in [-0.39, 0.29) is 0 Å². The Bertz CT molecular complexity index is 133. The molecule has 0 bridgehead atoms. The van der Waals surface area contributed by atoms with Crippen LogP contribution >= 0.6 is 0 Å². The minimum absolute atomic E-state index is 0.958. The summed E-state index contributed by atoms with van der Waals surface area (Å²) in [6, 6.07) is 0. The maximum Gasteiger partial charge on any atom is -0.0200 e. The molecule has 0 aromatic heterocycles. The van der Waals surface area contributed by atoms with Crippen LogP contribution in [0.15, 0.2) is 11.6 Å². The second-order valence-electron chi connectivity index (χ2n) is 3.59. The molecule has 0 spiro atoms. The fourth-order valence-electron chi connectivity index (χ4n) is 2.10. The van der Waals surface area contributed by atoms with Crippen molar-refractivity contribution in [1.29, 1.82) is 0 Å². The molecule has 0 amide bonds. The molecule has 1 unspecified atom stereocenters. The summed E-state index contributed by atoms with van der Waals surface area (Å²) in [5.41, 5.74) is 1.76. The van der Waals surface area contributed by atoms with Gasteiger partial charge in [0.15, 0.2) is 0 Å². The number of hydrogen-bond acceptors (Lipinski definition) is 0. The van der Waals surface area contributed by atoms with E-state index in [1.54, 1.807) is 5.57 Å². The Morgan fingerprint density at radius 1 is 1.36 bits per heavy atom. The van der Waals surface area contributed by atoms with E-state index in [0.29, 0.717) is 0 Å². The Morgan fingerprint density at radius 3 is 2.82 bits per heavy atom. The molecule has 11 heavy (non-hydrogen) atoms. The van der Waals surface area contributed by atoms with Gasteiger partial charge in [0, 0.05) is 0 Å². The topological polar surface area (TPSA) is 0 Å². The molecule has 1 aliphatic rings. The Kier molecular flexibility index (Phi) is 3.68. The van der Waals surface area contributed by atoms with Crippen molar-refractivity contribution in [3.8, 4) is 0 Å². The lowest BCUT2D eigenvalue weighted by Gasteiger charge is -2.12. The highest BCUT2D eigenvalue weighted by Crippen LogP contribution is 2.32. The van der Waals surface area contributed by atoms with Crippen LogP contribution in [0.5, 0.6) is 0 Å². The van der Waals surface area contributed by atoms with Crippen LogP contribution in [0.25, 0.3) is 0 Å². The van der Waals surface area contributed by atoms with Gasteiger partial charge >= 0.3 is 0 Å². The highest BCUT2D eigenvalue weighted by molar-refractivity contribution is 5.12. The molecule has 0 aromatic carbocycles. The van der Waals surface area contributed by atoms with Crippen molar-refractivity contribution < 1.29 is 0 Å². The van der Waals surface area contributed by atoms with Crippen molar-refractivity contribution in [3.63, 3.8) is 0 Å². The van der Waals surface area contributed by atoms with Crippen LogP contribution in [-0.2, 0) is 0 Å². The minimum Gasteiger partial charge on any atom is -0.0850 e. The maximum atomic E-state index is 2.48. The molecule has 0 nitrogen and oxygen atoms in total. The normalized spacial score (nSPS) is 23.8.